The monoisotopic (exact) mass is 385 g/mol. The van der Waals surface area contributed by atoms with Crippen LogP contribution < -0.4 is 5.73 Å². The Morgan fingerprint density at radius 2 is 2.08 bits per heavy atom. The molecule has 26 heavy (non-hydrogen) atoms. The number of ketones is 1. The predicted octanol–water partition coefficient (Wildman–Crippen LogP) is 2.45. The summed E-state index contributed by atoms with van der Waals surface area (Å²) < 4.78 is 112. The van der Waals surface area contributed by atoms with Crippen LogP contribution >= 0.6 is 0 Å². The van der Waals surface area contributed by atoms with Crippen LogP contribution in [0.25, 0.3) is 0 Å². The lowest BCUT2D eigenvalue weighted by molar-refractivity contribution is -0.123. The molecule has 3 rings (SSSR count). The van der Waals surface area contributed by atoms with Gasteiger partial charge in [0.1, 0.15) is 11.5 Å². The van der Waals surface area contributed by atoms with Crippen LogP contribution in [-0.2, 0) is 29.5 Å². The molecule has 1 atom stereocenters. The molecule has 0 saturated carbocycles. The van der Waals surface area contributed by atoms with Gasteiger partial charge in [0.15, 0.2) is 6.08 Å². The highest BCUT2D eigenvalue weighted by Crippen LogP contribution is 2.33. The molecule has 2 aromatic rings. The highest BCUT2D eigenvalue weighted by molar-refractivity contribution is 7.86. The smallest absolute Gasteiger partial charge is 0.313 e. The van der Waals surface area contributed by atoms with Gasteiger partial charge in [0.05, 0.1) is 11.0 Å². The Labute approximate surface area is 161 Å². The van der Waals surface area contributed by atoms with Crippen LogP contribution in [0.1, 0.15) is 33.7 Å². The zero-order valence-corrected chi connectivity index (χ0v) is 14.0. The fourth-order valence-electron chi connectivity index (χ4n) is 1.98. The number of Topliss-reactive ketones (excluding diaryl/α,β-unsaturated/α-hetero) is 1. The van der Waals surface area contributed by atoms with E-state index < -0.39 is 80.9 Å². The van der Waals surface area contributed by atoms with Gasteiger partial charge in [0.25, 0.3) is 0 Å². The van der Waals surface area contributed by atoms with E-state index in [4.69, 9.17) is 21.4 Å². The standard InChI is InChI=1S/C18H16FNO5S/c1-11-7-8-13(9-14(11)19)16-15(21)17(18(20)24-16)25-26(22,23)10-12-5-3-2-4-6-12/h2-9,16H,10,20H2,1H3/i2D,3D,4D,5D,6D,10D2,16D. The zero-order chi connectivity index (χ0) is 26.0. The Morgan fingerprint density at radius 1 is 1.38 bits per heavy atom. The largest absolute Gasteiger partial charge is 0.460 e. The van der Waals surface area contributed by atoms with Gasteiger partial charge in [0, 0.05) is 5.56 Å². The first-order chi connectivity index (χ1) is 15.5. The number of halogens is 1. The van der Waals surface area contributed by atoms with Crippen molar-refractivity contribution >= 4 is 15.9 Å². The fourth-order valence-corrected chi connectivity index (χ4v) is 2.75. The van der Waals surface area contributed by atoms with Crippen LogP contribution in [0.3, 0.4) is 0 Å². The Morgan fingerprint density at radius 3 is 2.73 bits per heavy atom. The average molecular weight is 385 g/mol. The summed E-state index contributed by atoms with van der Waals surface area (Å²) in [6.45, 7) is 1.42. The molecule has 0 aliphatic carbocycles. The maximum Gasteiger partial charge on any atom is 0.313 e. The van der Waals surface area contributed by atoms with E-state index in [1.807, 2.05) is 0 Å². The third kappa shape index (κ3) is 3.70. The number of hydrogen-bond donors (Lipinski definition) is 1. The molecule has 1 heterocycles. The average Bonchev–Trinajstić information content (AvgIpc) is 2.96. The molecule has 6 nitrogen and oxygen atoms in total. The second kappa shape index (κ2) is 6.80. The van der Waals surface area contributed by atoms with Gasteiger partial charge in [0.2, 0.25) is 17.4 Å². The summed E-state index contributed by atoms with van der Waals surface area (Å²) in [6, 6.07) is -1.98. The van der Waals surface area contributed by atoms with Crippen LogP contribution in [0.15, 0.2) is 60.1 Å². The van der Waals surface area contributed by atoms with E-state index >= 15 is 0 Å². The van der Waals surface area contributed by atoms with Crippen molar-refractivity contribution in [2.24, 2.45) is 5.73 Å². The van der Waals surface area contributed by atoms with E-state index in [9.17, 15) is 17.6 Å². The lowest BCUT2D eigenvalue weighted by Crippen LogP contribution is -2.16. The third-order valence-corrected chi connectivity index (χ3v) is 4.04. The van der Waals surface area contributed by atoms with Crippen molar-refractivity contribution < 1.29 is 37.5 Å². The summed E-state index contributed by atoms with van der Waals surface area (Å²) in [4.78, 5) is 12.8. The quantitative estimate of drug-likeness (QED) is 0.795. The molecule has 2 aromatic carbocycles. The lowest BCUT2D eigenvalue weighted by atomic mass is 10.0. The molecular formula is C18H16FNO5S. The highest BCUT2D eigenvalue weighted by Gasteiger charge is 2.39. The molecular weight excluding hydrogens is 361 g/mol. The summed E-state index contributed by atoms with van der Waals surface area (Å²) in [6.07, 6.45) is -2.74. The summed E-state index contributed by atoms with van der Waals surface area (Å²) in [7, 11) is -5.63. The third-order valence-electron chi connectivity index (χ3n) is 3.20. The van der Waals surface area contributed by atoms with Crippen LogP contribution in [0.4, 0.5) is 4.39 Å². The van der Waals surface area contributed by atoms with Gasteiger partial charge < -0.3 is 14.7 Å². The fraction of sp³-hybridized carbons (Fsp3) is 0.167. The topological polar surface area (TPSA) is 95.7 Å². The van der Waals surface area contributed by atoms with Crippen molar-refractivity contribution in [1.29, 1.82) is 0 Å². The van der Waals surface area contributed by atoms with Crippen molar-refractivity contribution in [2.45, 2.75) is 18.7 Å². The van der Waals surface area contributed by atoms with Crippen molar-refractivity contribution in [3.05, 3.63) is 82.6 Å². The van der Waals surface area contributed by atoms with E-state index in [1.54, 1.807) is 0 Å². The Hall–Kier alpha value is -2.87. The molecule has 8 heteroatoms. The summed E-state index contributed by atoms with van der Waals surface area (Å²) in [5.74, 6) is -4.58. The van der Waals surface area contributed by atoms with Crippen molar-refractivity contribution in [3.8, 4) is 0 Å². The molecule has 0 saturated heterocycles. The number of nitrogens with two attached hydrogens (primary N) is 1. The first kappa shape index (κ1) is 10.3. The molecule has 0 bridgehead atoms. The second-order valence-corrected chi connectivity index (χ2v) is 6.34. The van der Waals surface area contributed by atoms with E-state index in [0.717, 1.165) is 6.07 Å². The lowest BCUT2D eigenvalue weighted by Gasteiger charge is -2.10. The van der Waals surface area contributed by atoms with Crippen LogP contribution in [0, 0.1) is 12.7 Å². The molecule has 1 aliphatic rings. The number of carbonyl (C=O) groups is 1. The molecule has 136 valence electrons. The minimum absolute atomic E-state index is 0.185. The van der Waals surface area contributed by atoms with E-state index in [1.165, 1.54) is 19.1 Å². The Bertz CT molecular complexity index is 1350. The van der Waals surface area contributed by atoms with Crippen molar-refractivity contribution in [1.82, 2.24) is 0 Å². The maximum atomic E-state index is 14.0. The summed E-state index contributed by atoms with van der Waals surface area (Å²) in [5, 5.41) is 0. The molecule has 0 radical (unpaired) electrons. The van der Waals surface area contributed by atoms with Gasteiger partial charge in [-0.3, -0.25) is 4.79 Å². The highest BCUT2D eigenvalue weighted by atomic mass is 32.2. The van der Waals surface area contributed by atoms with Gasteiger partial charge in [-0.25, -0.2) is 4.39 Å². The number of benzene rings is 2. The molecule has 0 aromatic heterocycles. The van der Waals surface area contributed by atoms with E-state index in [0.29, 0.717) is 0 Å². The van der Waals surface area contributed by atoms with E-state index in [-0.39, 0.29) is 11.1 Å². The normalized spacial score (nSPS) is 25.1. The van der Waals surface area contributed by atoms with Gasteiger partial charge in [-0.15, -0.1) is 0 Å². The predicted molar refractivity (Wildman–Crippen MR) is 91.3 cm³/mol. The van der Waals surface area contributed by atoms with Gasteiger partial charge in [-0.1, -0.05) is 42.3 Å². The van der Waals surface area contributed by atoms with Gasteiger partial charge in [-0.2, -0.15) is 8.42 Å². The summed E-state index contributed by atoms with van der Waals surface area (Å²) >= 11 is 0. The zero-order valence-electron chi connectivity index (χ0n) is 21.1. The first-order valence-electron chi connectivity index (χ1n) is 11.0. The first-order valence-corrected chi connectivity index (χ1v) is 8.39. The number of rotatable bonds is 5. The van der Waals surface area contributed by atoms with Crippen molar-refractivity contribution in [2.75, 3.05) is 0 Å². The molecule has 1 unspecified atom stereocenters. The van der Waals surface area contributed by atoms with Gasteiger partial charge >= 0.3 is 10.1 Å². The van der Waals surface area contributed by atoms with E-state index in [2.05, 4.69) is 4.18 Å². The van der Waals surface area contributed by atoms with Crippen LogP contribution in [0.2, 0.25) is 0 Å². The Balaban J connectivity index is 2.05. The van der Waals surface area contributed by atoms with Gasteiger partial charge in [-0.05, 0) is 24.1 Å². The second-order valence-electron chi connectivity index (χ2n) is 5.06. The molecule has 0 spiro atoms. The number of carbonyl (C=O) groups excluding carboxylic acids is 1. The molecule has 2 N–H and O–H groups in total. The molecule has 1 aliphatic heterocycles. The van der Waals surface area contributed by atoms with Crippen LogP contribution in [-0.4, -0.2) is 14.2 Å². The number of aryl methyl sites for hydroxylation is 1. The molecule has 0 amide bonds. The minimum atomic E-state index is -5.63. The number of hydrogen-bond acceptors (Lipinski definition) is 6. The minimum Gasteiger partial charge on any atom is -0.460 e. The van der Waals surface area contributed by atoms with Crippen LogP contribution in [0.5, 0.6) is 0 Å². The SMILES string of the molecule is [2H]c1c([2H])c([2H])c(C([2H])([2H])S(=O)(=O)OC2=C(N)OC([2H])(c3ccc(C)c(F)c3)C2=O)c([2H])c1[2H]. The summed E-state index contributed by atoms with van der Waals surface area (Å²) in [5.41, 5.74) is 0.322. The number of ether oxygens (including phenoxy) is 1. The molecule has 0 fully saturated rings. The van der Waals surface area contributed by atoms with Crippen molar-refractivity contribution in [3.63, 3.8) is 0 Å². The Kier molecular flexibility index (Phi) is 2.70. The maximum absolute atomic E-state index is 14.0.